The van der Waals surface area contributed by atoms with Gasteiger partial charge in [-0.1, -0.05) is 25.7 Å². The molecule has 140 valence electrons. The van der Waals surface area contributed by atoms with Crippen LogP contribution in [0.25, 0.3) is 0 Å². The van der Waals surface area contributed by atoms with Gasteiger partial charge in [0.2, 0.25) is 0 Å². The van der Waals surface area contributed by atoms with Gasteiger partial charge in [-0.2, -0.15) is 5.10 Å². The van der Waals surface area contributed by atoms with Gasteiger partial charge in [0.05, 0.1) is 23.0 Å². The number of anilines is 1. The summed E-state index contributed by atoms with van der Waals surface area (Å²) in [5.74, 6) is -0.849. The van der Waals surface area contributed by atoms with Gasteiger partial charge in [0.1, 0.15) is 0 Å². The molecule has 1 aliphatic carbocycles. The van der Waals surface area contributed by atoms with Crippen molar-refractivity contribution in [2.45, 2.75) is 44.6 Å². The Balaban J connectivity index is 1.57. The van der Waals surface area contributed by atoms with Crippen LogP contribution in [0, 0.1) is 0 Å². The van der Waals surface area contributed by atoms with Crippen LogP contribution in [-0.2, 0) is 7.05 Å². The summed E-state index contributed by atoms with van der Waals surface area (Å²) < 4.78 is 1.59. The fourth-order valence-electron chi connectivity index (χ4n) is 3.94. The Morgan fingerprint density at radius 1 is 1.07 bits per heavy atom. The van der Waals surface area contributed by atoms with E-state index < -0.39 is 0 Å². The quantitative estimate of drug-likeness (QED) is 0.668. The highest BCUT2D eigenvalue weighted by Gasteiger charge is 2.40. The van der Waals surface area contributed by atoms with E-state index in [1.165, 1.54) is 11.0 Å². The molecule has 2 heterocycles. The number of hydrogen-bond donors (Lipinski definition) is 1. The first-order valence-electron chi connectivity index (χ1n) is 9.36. The zero-order valence-corrected chi connectivity index (χ0v) is 15.3. The smallest absolute Gasteiger partial charge is 0.261 e. The van der Waals surface area contributed by atoms with Gasteiger partial charge in [0.25, 0.3) is 17.7 Å². The Labute approximate surface area is 157 Å². The Kier molecular flexibility index (Phi) is 4.51. The monoisotopic (exact) mass is 366 g/mol. The lowest BCUT2D eigenvalue weighted by atomic mass is 10.1. The minimum atomic E-state index is -0.334. The summed E-state index contributed by atoms with van der Waals surface area (Å²) in [5.41, 5.74) is 1.64. The lowest BCUT2D eigenvalue weighted by Crippen LogP contribution is -2.39. The standard InChI is InChI=1S/C20H22N4O3/c1-23-12-14(11-21-23)22-18(25)13-8-9-16-17(10-13)20(27)24(19(16)26)15-6-4-2-3-5-7-15/h8-12,15H,2-7H2,1H3,(H,22,25). The maximum Gasteiger partial charge on any atom is 0.261 e. The Hall–Kier alpha value is -2.96. The highest BCUT2D eigenvalue weighted by atomic mass is 16.2. The van der Waals surface area contributed by atoms with Crippen LogP contribution in [0.15, 0.2) is 30.6 Å². The van der Waals surface area contributed by atoms with Crippen LogP contribution in [0.1, 0.15) is 69.6 Å². The third-order valence-corrected chi connectivity index (χ3v) is 5.33. The molecule has 0 spiro atoms. The zero-order chi connectivity index (χ0) is 19.0. The van der Waals surface area contributed by atoms with E-state index in [4.69, 9.17) is 0 Å². The molecule has 27 heavy (non-hydrogen) atoms. The molecule has 1 N–H and O–H groups in total. The first-order valence-corrected chi connectivity index (χ1v) is 9.36. The van der Waals surface area contributed by atoms with E-state index in [1.54, 1.807) is 36.3 Å². The van der Waals surface area contributed by atoms with E-state index >= 15 is 0 Å². The van der Waals surface area contributed by atoms with E-state index in [0.29, 0.717) is 22.4 Å². The van der Waals surface area contributed by atoms with Crippen molar-refractivity contribution in [1.82, 2.24) is 14.7 Å². The molecule has 2 aromatic rings. The lowest BCUT2D eigenvalue weighted by molar-refractivity contribution is 0.0569. The summed E-state index contributed by atoms with van der Waals surface area (Å²) in [5, 5.41) is 6.76. The molecule has 0 saturated heterocycles. The number of nitrogens with one attached hydrogen (secondary N) is 1. The topological polar surface area (TPSA) is 84.3 Å². The average molecular weight is 366 g/mol. The summed E-state index contributed by atoms with van der Waals surface area (Å²) in [6.07, 6.45) is 9.34. The van der Waals surface area contributed by atoms with E-state index in [2.05, 4.69) is 10.4 Å². The number of nitrogens with zero attached hydrogens (tertiary/aromatic N) is 3. The molecule has 2 aliphatic rings. The number of benzene rings is 1. The molecule has 4 rings (SSSR count). The fourth-order valence-corrected chi connectivity index (χ4v) is 3.94. The van der Waals surface area contributed by atoms with E-state index in [9.17, 15) is 14.4 Å². The van der Waals surface area contributed by atoms with E-state index in [-0.39, 0.29) is 23.8 Å². The predicted molar refractivity (Wildman–Crippen MR) is 99.6 cm³/mol. The first kappa shape index (κ1) is 17.5. The van der Waals surface area contributed by atoms with Gasteiger partial charge in [0, 0.05) is 24.8 Å². The van der Waals surface area contributed by atoms with Gasteiger partial charge in [-0.05, 0) is 31.0 Å². The minimum absolute atomic E-state index is 0.0347. The zero-order valence-electron chi connectivity index (χ0n) is 15.3. The number of fused-ring (bicyclic) bond motifs is 1. The second kappa shape index (κ2) is 6.98. The van der Waals surface area contributed by atoms with Crippen LogP contribution < -0.4 is 5.32 Å². The molecule has 0 atom stereocenters. The van der Waals surface area contributed by atoms with Crippen molar-refractivity contribution in [3.63, 3.8) is 0 Å². The maximum atomic E-state index is 12.9. The number of amides is 3. The molecule has 1 aromatic carbocycles. The number of aryl methyl sites for hydroxylation is 1. The highest BCUT2D eigenvalue weighted by molar-refractivity contribution is 6.22. The molecule has 0 radical (unpaired) electrons. The molecule has 3 amide bonds. The molecule has 1 fully saturated rings. The Morgan fingerprint density at radius 2 is 1.78 bits per heavy atom. The van der Waals surface area contributed by atoms with E-state index in [0.717, 1.165) is 38.5 Å². The first-order chi connectivity index (χ1) is 13.0. The summed E-state index contributed by atoms with van der Waals surface area (Å²) >= 11 is 0. The number of hydrogen-bond acceptors (Lipinski definition) is 4. The van der Waals surface area contributed by atoms with Crippen LogP contribution in [0.2, 0.25) is 0 Å². The van der Waals surface area contributed by atoms with Gasteiger partial charge in [-0.25, -0.2) is 0 Å². The maximum absolute atomic E-state index is 12.9. The van der Waals surface area contributed by atoms with Crippen LogP contribution >= 0.6 is 0 Å². The lowest BCUT2D eigenvalue weighted by Gasteiger charge is -2.24. The second-order valence-corrected chi connectivity index (χ2v) is 7.24. The van der Waals surface area contributed by atoms with Crippen molar-refractivity contribution >= 4 is 23.4 Å². The number of aromatic nitrogens is 2. The van der Waals surface area contributed by atoms with Crippen molar-refractivity contribution in [1.29, 1.82) is 0 Å². The molecular weight excluding hydrogens is 344 g/mol. The van der Waals surface area contributed by atoms with Crippen LogP contribution in [0.4, 0.5) is 5.69 Å². The summed E-state index contributed by atoms with van der Waals surface area (Å²) in [7, 11) is 1.76. The molecule has 7 nitrogen and oxygen atoms in total. The molecule has 1 aromatic heterocycles. The van der Waals surface area contributed by atoms with Gasteiger partial charge >= 0.3 is 0 Å². The molecule has 0 bridgehead atoms. The number of rotatable bonds is 3. The predicted octanol–water partition coefficient (Wildman–Crippen LogP) is 2.99. The van der Waals surface area contributed by atoms with Crippen LogP contribution in [0.3, 0.4) is 0 Å². The van der Waals surface area contributed by atoms with Crippen molar-refractivity contribution < 1.29 is 14.4 Å². The van der Waals surface area contributed by atoms with Gasteiger partial charge in [-0.15, -0.1) is 0 Å². The Bertz CT molecular complexity index is 910. The molecule has 0 unspecified atom stereocenters. The molecule has 1 aliphatic heterocycles. The second-order valence-electron chi connectivity index (χ2n) is 7.24. The normalized spacial score (nSPS) is 17.7. The van der Waals surface area contributed by atoms with Crippen LogP contribution in [0.5, 0.6) is 0 Å². The molecule has 1 saturated carbocycles. The van der Waals surface area contributed by atoms with E-state index in [1.807, 2.05) is 0 Å². The fraction of sp³-hybridized carbons (Fsp3) is 0.400. The highest BCUT2D eigenvalue weighted by Crippen LogP contribution is 2.31. The third-order valence-electron chi connectivity index (χ3n) is 5.33. The average Bonchev–Trinajstić information content (AvgIpc) is 3.03. The van der Waals surface area contributed by atoms with Gasteiger partial charge < -0.3 is 5.32 Å². The number of carbonyl (C=O) groups excluding carboxylic acids is 3. The molecule has 7 heteroatoms. The van der Waals surface area contributed by atoms with Crippen molar-refractivity contribution in [2.75, 3.05) is 5.32 Å². The van der Waals surface area contributed by atoms with Crippen molar-refractivity contribution in [3.05, 3.63) is 47.3 Å². The van der Waals surface area contributed by atoms with Gasteiger partial charge in [0.15, 0.2) is 0 Å². The summed E-state index contributed by atoms with van der Waals surface area (Å²) in [4.78, 5) is 39.6. The minimum Gasteiger partial charge on any atom is -0.319 e. The van der Waals surface area contributed by atoms with Crippen molar-refractivity contribution in [2.24, 2.45) is 7.05 Å². The van der Waals surface area contributed by atoms with Crippen molar-refractivity contribution in [3.8, 4) is 0 Å². The number of carbonyl (C=O) groups is 3. The third kappa shape index (κ3) is 3.25. The number of imide groups is 1. The Morgan fingerprint density at radius 3 is 2.44 bits per heavy atom. The summed E-state index contributed by atoms with van der Waals surface area (Å²) in [6, 6.07) is 4.67. The van der Waals surface area contributed by atoms with Gasteiger partial charge in [-0.3, -0.25) is 24.0 Å². The SMILES string of the molecule is Cn1cc(NC(=O)c2ccc3c(c2)C(=O)N(C2CCCCCC2)C3=O)cn1. The molecular formula is C20H22N4O3. The van der Waals surface area contributed by atoms with Crippen LogP contribution in [-0.4, -0.2) is 38.4 Å². The summed E-state index contributed by atoms with van der Waals surface area (Å²) in [6.45, 7) is 0. The largest absolute Gasteiger partial charge is 0.319 e.